The van der Waals surface area contributed by atoms with E-state index in [1.54, 1.807) is 0 Å². The van der Waals surface area contributed by atoms with Gasteiger partial charge in [-0.25, -0.2) is 4.79 Å². The minimum atomic E-state index is -0.0340. The lowest BCUT2D eigenvalue weighted by molar-refractivity contribution is 0.156. The van der Waals surface area contributed by atoms with Crippen molar-refractivity contribution in [3.05, 3.63) is 48.8 Å². The number of piperidine rings is 1. The summed E-state index contributed by atoms with van der Waals surface area (Å²) in [7, 11) is 4.02. The summed E-state index contributed by atoms with van der Waals surface area (Å²) in [5.41, 5.74) is 1.90. The smallest absolute Gasteiger partial charge is 0.321 e. The Hall–Kier alpha value is -2.27. The number of likely N-dealkylation sites (tertiary alicyclic amines) is 1. The first-order chi connectivity index (χ1) is 11.1. The number of hydrogen-bond acceptors (Lipinski definition) is 2. The molecular formula is C18H24N4O. The normalized spacial score (nSPS) is 16.3. The van der Waals surface area contributed by atoms with Crippen LogP contribution >= 0.6 is 0 Å². The second-order valence-corrected chi connectivity index (χ2v) is 6.21. The van der Waals surface area contributed by atoms with Gasteiger partial charge in [-0.2, -0.15) is 0 Å². The Morgan fingerprint density at radius 1 is 1.13 bits per heavy atom. The van der Waals surface area contributed by atoms with Crippen LogP contribution in [0.3, 0.4) is 0 Å². The van der Waals surface area contributed by atoms with Crippen molar-refractivity contribution in [1.29, 1.82) is 0 Å². The first kappa shape index (κ1) is 15.6. The van der Waals surface area contributed by atoms with Gasteiger partial charge in [0.05, 0.1) is 0 Å². The van der Waals surface area contributed by atoms with Crippen LogP contribution in [0.4, 0.5) is 10.5 Å². The zero-order valence-electron chi connectivity index (χ0n) is 13.8. The predicted octanol–water partition coefficient (Wildman–Crippen LogP) is 3.04. The summed E-state index contributed by atoms with van der Waals surface area (Å²) in [5.74, 6) is 0. The molecule has 1 fully saturated rings. The number of carbonyl (C=O) groups is 1. The summed E-state index contributed by atoms with van der Waals surface area (Å²) in [6.45, 7) is 2.10. The Bertz CT molecular complexity index is 628. The number of nitrogens with zero attached hydrogens (tertiary/aromatic N) is 3. The van der Waals surface area contributed by atoms with E-state index < -0.39 is 0 Å². The molecule has 1 aromatic heterocycles. The molecule has 1 aromatic carbocycles. The largest absolute Gasteiger partial charge is 0.325 e. The highest BCUT2D eigenvalue weighted by molar-refractivity contribution is 5.89. The Balaban J connectivity index is 1.59. The molecular weight excluding hydrogens is 288 g/mol. The number of anilines is 1. The molecule has 2 aromatic rings. The van der Waals surface area contributed by atoms with E-state index in [4.69, 9.17) is 0 Å². The fourth-order valence-corrected chi connectivity index (χ4v) is 2.98. The maximum atomic E-state index is 12.4. The number of rotatable bonds is 3. The third-order valence-corrected chi connectivity index (χ3v) is 4.58. The number of nitrogens with one attached hydrogen (secondary N) is 1. The number of benzene rings is 1. The molecule has 2 heterocycles. The van der Waals surface area contributed by atoms with E-state index in [1.165, 1.54) is 0 Å². The quantitative estimate of drug-likeness (QED) is 0.946. The van der Waals surface area contributed by atoms with Crippen molar-refractivity contribution in [3.8, 4) is 5.69 Å². The first-order valence-corrected chi connectivity index (χ1v) is 8.09. The van der Waals surface area contributed by atoms with Crippen LogP contribution in [0.15, 0.2) is 48.8 Å². The van der Waals surface area contributed by atoms with Gasteiger partial charge in [-0.1, -0.05) is 0 Å². The molecule has 1 aliphatic heterocycles. The summed E-state index contributed by atoms with van der Waals surface area (Å²) in [4.78, 5) is 16.6. The fourth-order valence-electron chi connectivity index (χ4n) is 2.98. The highest BCUT2D eigenvalue weighted by atomic mass is 16.2. The van der Waals surface area contributed by atoms with Gasteiger partial charge < -0.3 is 19.7 Å². The molecule has 0 aliphatic carbocycles. The molecule has 0 spiro atoms. The lowest BCUT2D eigenvalue weighted by Crippen LogP contribution is -2.46. The third-order valence-electron chi connectivity index (χ3n) is 4.58. The predicted molar refractivity (Wildman–Crippen MR) is 93.1 cm³/mol. The van der Waals surface area contributed by atoms with Crippen LogP contribution in [-0.4, -0.2) is 53.6 Å². The molecule has 0 radical (unpaired) electrons. The van der Waals surface area contributed by atoms with Gasteiger partial charge in [-0.05, 0) is 69.4 Å². The zero-order chi connectivity index (χ0) is 16.2. The minimum Gasteiger partial charge on any atom is -0.325 e. The lowest BCUT2D eigenvalue weighted by atomic mass is 10.0. The van der Waals surface area contributed by atoms with Crippen molar-refractivity contribution in [2.75, 3.05) is 32.5 Å². The van der Waals surface area contributed by atoms with Gasteiger partial charge >= 0.3 is 6.03 Å². The first-order valence-electron chi connectivity index (χ1n) is 8.09. The van der Waals surface area contributed by atoms with Gasteiger partial charge in [-0.3, -0.25) is 0 Å². The van der Waals surface area contributed by atoms with Crippen LogP contribution in [0.25, 0.3) is 5.69 Å². The molecule has 3 rings (SSSR count). The summed E-state index contributed by atoms with van der Waals surface area (Å²) >= 11 is 0. The van der Waals surface area contributed by atoms with Gasteiger partial charge in [0, 0.05) is 36.9 Å². The van der Waals surface area contributed by atoms with E-state index in [0.29, 0.717) is 6.04 Å². The van der Waals surface area contributed by atoms with Gasteiger partial charge in [-0.15, -0.1) is 0 Å². The molecule has 1 saturated heterocycles. The molecule has 5 heteroatoms. The molecule has 5 nitrogen and oxygen atoms in total. The van der Waals surface area contributed by atoms with E-state index in [9.17, 15) is 4.79 Å². The number of urea groups is 1. The van der Waals surface area contributed by atoms with Crippen molar-refractivity contribution in [2.45, 2.75) is 18.9 Å². The molecule has 122 valence electrons. The Labute approximate surface area is 137 Å². The van der Waals surface area contributed by atoms with Crippen LogP contribution in [0.1, 0.15) is 12.8 Å². The van der Waals surface area contributed by atoms with Crippen molar-refractivity contribution in [1.82, 2.24) is 14.4 Å². The summed E-state index contributed by atoms with van der Waals surface area (Å²) < 4.78 is 2.04. The monoisotopic (exact) mass is 312 g/mol. The summed E-state index contributed by atoms with van der Waals surface area (Å²) in [6, 6.07) is 12.2. The van der Waals surface area contributed by atoms with Crippen molar-refractivity contribution >= 4 is 11.7 Å². The number of hydrogen-bond donors (Lipinski definition) is 1. The van der Waals surface area contributed by atoms with Gasteiger partial charge in [0.15, 0.2) is 0 Å². The van der Waals surface area contributed by atoms with E-state index in [1.807, 2.05) is 65.3 Å². The van der Waals surface area contributed by atoms with E-state index >= 15 is 0 Å². The van der Waals surface area contributed by atoms with E-state index in [2.05, 4.69) is 17.3 Å². The summed E-state index contributed by atoms with van der Waals surface area (Å²) in [5, 5.41) is 2.99. The SMILES string of the molecule is CN1CCC(N(C)C(=O)Nc2ccc(-n3cccc3)cc2)CC1. The topological polar surface area (TPSA) is 40.5 Å². The molecule has 0 atom stereocenters. The average molecular weight is 312 g/mol. The van der Waals surface area contributed by atoms with E-state index in [-0.39, 0.29) is 6.03 Å². The van der Waals surface area contributed by atoms with Crippen LogP contribution < -0.4 is 5.32 Å². The van der Waals surface area contributed by atoms with Gasteiger partial charge in [0.2, 0.25) is 0 Å². The zero-order valence-corrected chi connectivity index (χ0v) is 13.8. The van der Waals surface area contributed by atoms with Crippen LogP contribution in [0, 0.1) is 0 Å². The Morgan fingerprint density at radius 3 is 2.35 bits per heavy atom. The molecule has 1 aliphatic rings. The number of amides is 2. The number of aromatic nitrogens is 1. The second kappa shape index (κ2) is 6.87. The maximum Gasteiger partial charge on any atom is 0.321 e. The molecule has 0 saturated carbocycles. The molecule has 1 N–H and O–H groups in total. The molecule has 2 amide bonds. The van der Waals surface area contributed by atoms with Crippen molar-refractivity contribution in [2.24, 2.45) is 0 Å². The maximum absolute atomic E-state index is 12.4. The minimum absolute atomic E-state index is 0.0340. The summed E-state index contributed by atoms with van der Waals surface area (Å²) in [6.07, 6.45) is 6.07. The molecule has 0 unspecified atom stereocenters. The Kier molecular flexibility index (Phi) is 4.67. The van der Waals surface area contributed by atoms with Gasteiger partial charge in [0.1, 0.15) is 0 Å². The lowest BCUT2D eigenvalue weighted by Gasteiger charge is -2.35. The third kappa shape index (κ3) is 3.74. The average Bonchev–Trinajstić information content (AvgIpc) is 3.10. The second-order valence-electron chi connectivity index (χ2n) is 6.21. The Morgan fingerprint density at radius 2 is 1.74 bits per heavy atom. The highest BCUT2D eigenvalue weighted by Crippen LogP contribution is 2.17. The van der Waals surface area contributed by atoms with Crippen LogP contribution in [-0.2, 0) is 0 Å². The van der Waals surface area contributed by atoms with Crippen LogP contribution in [0.2, 0.25) is 0 Å². The highest BCUT2D eigenvalue weighted by Gasteiger charge is 2.23. The molecule has 0 bridgehead atoms. The fraction of sp³-hybridized carbons (Fsp3) is 0.389. The standard InChI is InChI=1S/C18H24N4O/c1-20-13-9-16(10-14-20)21(2)18(23)19-15-5-7-17(8-6-15)22-11-3-4-12-22/h3-8,11-12,16H,9-10,13-14H2,1-2H3,(H,19,23). The van der Waals surface area contributed by atoms with Crippen molar-refractivity contribution in [3.63, 3.8) is 0 Å². The van der Waals surface area contributed by atoms with E-state index in [0.717, 1.165) is 37.3 Å². The van der Waals surface area contributed by atoms with Crippen molar-refractivity contribution < 1.29 is 4.79 Å². The van der Waals surface area contributed by atoms with Gasteiger partial charge in [0.25, 0.3) is 0 Å². The number of carbonyl (C=O) groups excluding carboxylic acids is 1. The molecule has 23 heavy (non-hydrogen) atoms. The van der Waals surface area contributed by atoms with Crippen LogP contribution in [0.5, 0.6) is 0 Å².